The third kappa shape index (κ3) is 3.49. The lowest BCUT2D eigenvalue weighted by molar-refractivity contribution is 0.0598. The number of methoxy groups -OCH3 is 1. The zero-order valence-electron chi connectivity index (χ0n) is 15.1. The van der Waals surface area contributed by atoms with E-state index < -0.39 is 0 Å². The van der Waals surface area contributed by atoms with Crippen LogP contribution < -0.4 is 5.32 Å². The third-order valence-electron chi connectivity index (χ3n) is 5.46. The van der Waals surface area contributed by atoms with Crippen molar-refractivity contribution in [3.63, 3.8) is 0 Å². The van der Waals surface area contributed by atoms with Crippen LogP contribution in [0.4, 0.5) is 0 Å². The van der Waals surface area contributed by atoms with Crippen LogP contribution >= 0.6 is 0 Å². The highest BCUT2D eigenvalue weighted by Crippen LogP contribution is 2.25. The molecule has 0 atom stereocenters. The first-order chi connectivity index (χ1) is 12.7. The molecule has 2 aromatic rings. The number of aromatic nitrogens is 4. The van der Waals surface area contributed by atoms with E-state index in [9.17, 15) is 4.79 Å². The van der Waals surface area contributed by atoms with Crippen LogP contribution in [0, 0.1) is 0 Å². The molecule has 7 heteroatoms. The SMILES string of the molecule is COC1CCC(NC(=O)c2nc(-n3ccnc3)nc3c2CCCC3)CC1. The smallest absolute Gasteiger partial charge is 0.270 e. The number of carbonyl (C=O) groups excluding carboxylic acids is 1. The van der Waals surface area contributed by atoms with Gasteiger partial charge in [0.2, 0.25) is 5.95 Å². The fraction of sp³-hybridized carbons (Fsp3) is 0.579. The number of rotatable bonds is 4. The minimum atomic E-state index is -0.0761. The van der Waals surface area contributed by atoms with Gasteiger partial charge in [0, 0.05) is 36.8 Å². The van der Waals surface area contributed by atoms with E-state index in [2.05, 4.69) is 20.3 Å². The molecule has 0 bridgehead atoms. The van der Waals surface area contributed by atoms with Gasteiger partial charge in [0.15, 0.2) is 0 Å². The summed E-state index contributed by atoms with van der Waals surface area (Å²) in [5, 5.41) is 3.19. The molecule has 1 fully saturated rings. The van der Waals surface area contributed by atoms with Crippen LogP contribution in [0.25, 0.3) is 5.95 Å². The molecule has 2 aliphatic carbocycles. The Labute approximate surface area is 153 Å². The first-order valence-corrected chi connectivity index (χ1v) is 9.46. The van der Waals surface area contributed by atoms with E-state index >= 15 is 0 Å². The summed E-state index contributed by atoms with van der Waals surface area (Å²) in [6, 6.07) is 0.194. The van der Waals surface area contributed by atoms with Crippen molar-refractivity contribution in [2.75, 3.05) is 7.11 Å². The van der Waals surface area contributed by atoms with Gasteiger partial charge in [0.05, 0.1) is 6.10 Å². The fourth-order valence-corrected chi connectivity index (χ4v) is 3.96. The number of ether oxygens (including phenoxy) is 1. The highest BCUT2D eigenvalue weighted by molar-refractivity contribution is 5.94. The van der Waals surface area contributed by atoms with Gasteiger partial charge in [-0.25, -0.2) is 15.0 Å². The lowest BCUT2D eigenvalue weighted by atomic mass is 9.92. The van der Waals surface area contributed by atoms with E-state index in [4.69, 9.17) is 4.74 Å². The topological polar surface area (TPSA) is 81.9 Å². The Morgan fingerprint density at radius 2 is 2.00 bits per heavy atom. The molecular weight excluding hydrogens is 330 g/mol. The Kier molecular flexibility index (Phi) is 4.97. The Bertz CT molecular complexity index is 766. The molecule has 2 heterocycles. The van der Waals surface area contributed by atoms with E-state index in [0.717, 1.165) is 62.6 Å². The predicted octanol–water partition coefficient (Wildman–Crippen LogP) is 2.23. The number of imidazole rings is 1. The molecule has 0 saturated heterocycles. The Hall–Kier alpha value is -2.28. The fourth-order valence-electron chi connectivity index (χ4n) is 3.96. The Balaban J connectivity index is 1.58. The van der Waals surface area contributed by atoms with Gasteiger partial charge < -0.3 is 10.1 Å². The van der Waals surface area contributed by atoms with Crippen molar-refractivity contribution in [3.05, 3.63) is 35.7 Å². The summed E-state index contributed by atoms with van der Waals surface area (Å²) >= 11 is 0. The standard InChI is InChI=1S/C19H25N5O2/c1-26-14-8-6-13(7-9-14)21-18(25)17-15-4-2-3-5-16(15)22-19(23-17)24-11-10-20-12-24/h10-14H,2-9H2,1H3,(H,21,25). The van der Waals surface area contributed by atoms with Crippen LogP contribution in [-0.2, 0) is 17.6 Å². The van der Waals surface area contributed by atoms with Gasteiger partial charge in [-0.05, 0) is 51.4 Å². The molecule has 7 nitrogen and oxygen atoms in total. The quantitative estimate of drug-likeness (QED) is 0.909. The van der Waals surface area contributed by atoms with Gasteiger partial charge in [-0.1, -0.05) is 0 Å². The van der Waals surface area contributed by atoms with Gasteiger partial charge in [0.25, 0.3) is 5.91 Å². The largest absolute Gasteiger partial charge is 0.381 e. The van der Waals surface area contributed by atoms with Crippen molar-refractivity contribution in [2.24, 2.45) is 0 Å². The van der Waals surface area contributed by atoms with E-state index in [1.54, 1.807) is 30.4 Å². The lowest BCUT2D eigenvalue weighted by Gasteiger charge is -2.28. The molecule has 138 valence electrons. The zero-order valence-corrected chi connectivity index (χ0v) is 15.1. The molecule has 1 N–H and O–H groups in total. The summed E-state index contributed by atoms with van der Waals surface area (Å²) in [6.45, 7) is 0. The second-order valence-corrected chi connectivity index (χ2v) is 7.16. The van der Waals surface area contributed by atoms with E-state index in [-0.39, 0.29) is 11.9 Å². The number of nitrogens with zero attached hydrogens (tertiary/aromatic N) is 4. The molecule has 2 aliphatic rings. The molecule has 0 aromatic carbocycles. The number of nitrogens with one attached hydrogen (secondary N) is 1. The molecule has 1 saturated carbocycles. The number of aryl methyl sites for hydroxylation is 1. The van der Waals surface area contributed by atoms with Crippen LogP contribution in [-0.4, -0.2) is 44.7 Å². The zero-order chi connectivity index (χ0) is 17.9. The van der Waals surface area contributed by atoms with Gasteiger partial charge in [-0.2, -0.15) is 0 Å². The summed E-state index contributed by atoms with van der Waals surface area (Å²) in [6.07, 6.45) is 13.3. The summed E-state index contributed by atoms with van der Waals surface area (Å²) in [5.41, 5.74) is 2.55. The van der Waals surface area contributed by atoms with E-state index in [0.29, 0.717) is 17.7 Å². The van der Waals surface area contributed by atoms with Crippen molar-refractivity contribution in [1.29, 1.82) is 0 Å². The normalized spacial score (nSPS) is 22.7. The first-order valence-electron chi connectivity index (χ1n) is 9.46. The highest BCUT2D eigenvalue weighted by Gasteiger charge is 2.26. The maximum atomic E-state index is 13.0. The predicted molar refractivity (Wildman–Crippen MR) is 96.3 cm³/mol. The van der Waals surface area contributed by atoms with Gasteiger partial charge >= 0.3 is 0 Å². The molecule has 0 spiro atoms. The maximum Gasteiger partial charge on any atom is 0.270 e. The van der Waals surface area contributed by atoms with Crippen LogP contribution in [0.2, 0.25) is 0 Å². The lowest BCUT2D eigenvalue weighted by Crippen LogP contribution is -2.40. The number of hydrogen-bond acceptors (Lipinski definition) is 5. The molecule has 2 aromatic heterocycles. The Morgan fingerprint density at radius 1 is 1.19 bits per heavy atom. The van der Waals surface area contributed by atoms with Crippen molar-refractivity contribution >= 4 is 5.91 Å². The number of hydrogen-bond donors (Lipinski definition) is 1. The minimum absolute atomic E-state index is 0.0761. The molecule has 26 heavy (non-hydrogen) atoms. The van der Waals surface area contributed by atoms with Crippen LogP contribution in [0.3, 0.4) is 0 Å². The first kappa shape index (κ1) is 17.1. The highest BCUT2D eigenvalue weighted by atomic mass is 16.5. The number of carbonyl (C=O) groups is 1. The summed E-state index contributed by atoms with van der Waals surface area (Å²) in [5.74, 6) is 0.448. The maximum absolute atomic E-state index is 13.0. The summed E-state index contributed by atoms with van der Waals surface area (Å²) in [4.78, 5) is 26.3. The van der Waals surface area contributed by atoms with E-state index in [1.807, 2.05) is 0 Å². The molecule has 1 amide bonds. The van der Waals surface area contributed by atoms with Crippen LogP contribution in [0.1, 0.15) is 60.3 Å². The van der Waals surface area contributed by atoms with Gasteiger partial charge in [-0.3, -0.25) is 9.36 Å². The average molecular weight is 355 g/mol. The van der Waals surface area contributed by atoms with Crippen LogP contribution in [0.15, 0.2) is 18.7 Å². The minimum Gasteiger partial charge on any atom is -0.381 e. The van der Waals surface area contributed by atoms with Crippen molar-refractivity contribution < 1.29 is 9.53 Å². The van der Waals surface area contributed by atoms with Crippen LogP contribution in [0.5, 0.6) is 0 Å². The molecule has 4 rings (SSSR count). The van der Waals surface area contributed by atoms with Gasteiger partial charge in [0.1, 0.15) is 12.0 Å². The molecular formula is C19H25N5O2. The van der Waals surface area contributed by atoms with Gasteiger partial charge in [-0.15, -0.1) is 0 Å². The average Bonchev–Trinajstić information content (AvgIpc) is 3.22. The van der Waals surface area contributed by atoms with Crippen molar-refractivity contribution in [2.45, 2.75) is 63.5 Å². The number of fused-ring (bicyclic) bond motifs is 1. The summed E-state index contributed by atoms with van der Waals surface area (Å²) < 4.78 is 7.18. The second kappa shape index (κ2) is 7.53. The summed E-state index contributed by atoms with van der Waals surface area (Å²) in [7, 11) is 1.76. The Morgan fingerprint density at radius 3 is 2.73 bits per heavy atom. The van der Waals surface area contributed by atoms with E-state index in [1.165, 1.54) is 0 Å². The molecule has 0 radical (unpaired) electrons. The van der Waals surface area contributed by atoms with Crippen molar-refractivity contribution in [3.8, 4) is 5.95 Å². The third-order valence-corrected chi connectivity index (χ3v) is 5.46. The molecule has 0 aliphatic heterocycles. The number of amides is 1. The second-order valence-electron chi connectivity index (χ2n) is 7.16. The molecule has 0 unspecified atom stereocenters. The monoisotopic (exact) mass is 355 g/mol. The van der Waals surface area contributed by atoms with Crippen molar-refractivity contribution in [1.82, 2.24) is 24.8 Å².